The summed E-state index contributed by atoms with van der Waals surface area (Å²) in [5.74, 6) is -1.12. The zero-order valence-corrected chi connectivity index (χ0v) is 10.7. The molecule has 2 aromatic heterocycles. The molecule has 1 fully saturated rings. The monoisotopic (exact) mass is 300 g/mol. The van der Waals surface area contributed by atoms with Crippen LogP contribution in [0, 0.1) is 5.92 Å². The first-order chi connectivity index (χ1) is 9.86. The maximum Gasteiger partial charge on any atom is 0.435 e. The summed E-state index contributed by atoms with van der Waals surface area (Å²) in [5, 5.41) is 12.5. The van der Waals surface area contributed by atoms with Crippen LogP contribution in [0.25, 0.3) is 5.52 Å². The van der Waals surface area contributed by atoms with E-state index < -0.39 is 23.8 Å². The molecule has 0 spiro atoms. The van der Waals surface area contributed by atoms with Gasteiger partial charge in [0.25, 0.3) is 0 Å². The van der Waals surface area contributed by atoms with Gasteiger partial charge in [-0.1, -0.05) is 0 Å². The topological polar surface area (TPSA) is 70.7 Å². The molecule has 6 nitrogen and oxygen atoms in total. The fourth-order valence-corrected chi connectivity index (χ4v) is 2.44. The number of fused-ring (bicyclic) bond motifs is 1. The summed E-state index contributed by atoms with van der Waals surface area (Å²) < 4.78 is 39.3. The summed E-state index contributed by atoms with van der Waals surface area (Å²) in [6.45, 7) is 0.671. The number of carboxylic acid groups (broad SMARTS) is 1. The van der Waals surface area contributed by atoms with Crippen LogP contribution in [0.1, 0.15) is 12.1 Å². The van der Waals surface area contributed by atoms with Gasteiger partial charge in [-0.3, -0.25) is 4.79 Å². The van der Waals surface area contributed by atoms with Crippen LogP contribution >= 0.6 is 0 Å². The summed E-state index contributed by atoms with van der Waals surface area (Å²) in [6, 6.07) is 0.927. The van der Waals surface area contributed by atoms with Crippen LogP contribution in [-0.4, -0.2) is 38.8 Å². The Morgan fingerprint density at radius 1 is 1.43 bits per heavy atom. The van der Waals surface area contributed by atoms with Gasteiger partial charge in [-0.05, 0) is 6.42 Å². The molecule has 1 unspecified atom stereocenters. The molecule has 1 atom stereocenters. The number of hydrogen-bond acceptors (Lipinski definition) is 4. The second kappa shape index (κ2) is 4.61. The molecule has 21 heavy (non-hydrogen) atoms. The lowest BCUT2D eigenvalue weighted by atomic mass is 10.1. The molecule has 0 amide bonds. The Kier molecular flexibility index (Phi) is 2.99. The number of nitrogens with zero attached hydrogens (tertiary/aromatic N) is 4. The molecule has 0 aliphatic carbocycles. The zero-order chi connectivity index (χ0) is 15.2. The molecule has 0 aromatic carbocycles. The minimum Gasteiger partial charge on any atom is -0.481 e. The van der Waals surface area contributed by atoms with Crippen LogP contribution < -0.4 is 4.90 Å². The summed E-state index contributed by atoms with van der Waals surface area (Å²) in [7, 11) is 0. The molecule has 1 aliphatic heterocycles. The second-order valence-electron chi connectivity index (χ2n) is 4.88. The lowest BCUT2D eigenvalue weighted by Crippen LogP contribution is -2.24. The smallest absolute Gasteiger partial charge is 0.435 e. The maximum absolute atomic E-state index is 12.7. The predicted molar refractivity (Wildman–Crippen MR) is 65.9 cm³/mol. The van der Waals surface area contributed by atoms with E-state index in [1.165, 1.54) is 12.4 Å². The minimum absolute atomic E-state index is 0.218. The highest BCUT2D eigenvalue weighted by molar-refractivity contribution is 5.74. The molecular formula is C12H11F3N4O2. The van der Waals surface area contributed by atoms with Crippen LogP contribution in [0.2, 0.25) is 0 Å². The molecule has 1 aliphatic rings. The van der Waals surface area contributed by atoms with Crippen LogP contribution in [0.3, 0.4) is 0 Å². The highest BCUT2D eigenvalue weighted by Crippen LogP contribution is 2.32. The highest BCUT2D eigenvalue weighted by atomic mass is 19.4. The predicted octanol–water partition coefficient (Wildman–Crippen LogP) is 1.66. The fourth-order valence-electron chi connectivity index (χ4n) is 2.44. The van der Waals surface area contributed by atoms with Crippen molar-refractivity contribution >= 4 is 17.3 Å². The van der Waals surface area contributed by atoms with Crippen molar-refractivity contribution in [1.29, 1.82) is 0 Å². The van der Waals surface area contributed by atoms with E-state index in [1.54, 1.807) is 4.90 Å². The average molecular weight is 300 g/mol. The largest absolute Gasteiger partial charge is 0.481 e. The minimum atomic E-state index is -4.53. The quantitative estimate of drug-likeness (QED) is 0.913. The second-order valence-corrected chi connectivity index (χ2v) is 4.88. The van der Waals surface area contributed by atoms with Crippen molar-refractivity contribution in [3.63, 3.8) is 0 Å². The Morgan fingerprint density at radius 3 is 2.81 bits per heavy atom. The Labute approximate surface area is 116 Å². The molecule has 112 valence electrons. The first-order valence-corrected chi connectivity index (χ1v) is 6.25. The van der Waals surface area contributed by atoms with Crippen LogP contribution in [0.4, 0.5) is 19.0 Å². The van der Waals surface area contributed by atoms with Crippen LogP contribution in [0.5, 0.6) is 0 Å². The third kappa shape index (κ3) is 2.39. The van der Waals surface area contributed by atoms with Gasteiger partial charge in [-0.15, -0.1) is 0 Å². The summed E-state index contributed by atoms with van der Waals surface area (Å²) in [6.07, 6.45) is -1.40. The van der Waals surface area contributed by atoms with E-state index in [9.17, 15) is 18.0 Å². The molecule has 1 N–H and O–H groups in total. The SMILES string of the molecule is O=C(O)C1CCN(c2nccn3nc(C(F)(F)F)cc23)C1. The van der Waals surface area contributed by atoms with E-state index in [0.29, 0.717) is 18.8 Å². The van der Waals surface area contributed by atoms with Crippen molar-refractivity contribution in [2.45, 2.75) is 12.6 Å². The molecule has 2 aromatic rings. The number of carboxylic acids is 1. The molecule has 0 radical (unpaired) electrons. The van der Waals surface area contributed by atoms with Crippen molar-refractivity contribution < 1.29 is 23.1 Å². The van der Waals surface area contributed by atoms with Gasteiger partial charge >= 0.3 is 12.1 Å². The van der Waals surface area contributed by atoms with Crippen molar-refractivity contribution in [2.75, 3.05) is 18.0 Å². The summed E-state index contributed by atoms with van der Waals surface area (Å²) in [4.78, 5) is 16.7. The third-order valence-electron chi connectivity index (χ3n) is 3.50. The van der Waals surface area contributed by atoms with Gasteiger partial charge in [0.05, 0.1) is 5.92 Å². The number of anilines is 1. The summed E-state index contributed by atoms with van der Waals surface area (Å²) >= 11 is 0. The number of carbonyl (C=O) groups is 1. The van der Waals surface area contributed by atoms with Gasteiger partial charge in [0, 0.05) is 31.5 Å². The fraction of sp³-hybridized carbons (Fsp3) is 0.417. The van der Waals surface area contributed by atoms with Crippen molar-refractivity contribution in [3.8, 4) is 0 Å². The van der Waals surface area contributed by atoms with E-state index >= 15 is 0 Å². The Bertz CT molecular complexity index is 697. The number of rotatable bonds is 2. The van der Waals surface area contributed by atoms with Crippen molar-refractivity contribution in [2.24, 2.45) is 5.92 Å². The third-order valence-corrected chi connectivity index (χ3v) is 3.50. The van der Waals surface area contributed by atoms with E-state index in [-0.39, 0.29) is 12.1 Å². The number of alkyl halides is 3. The van der Waals surface area contributed by atoms with E-state index in [1.807, 2.05) is 0 Å². The summed E-state index contributed by atoms with van der Waals surface area (Å²) in [5.41, 5.74) is -0.776. The van der Waals surface area contributed by atoms with Gasteiger partial charge in [-0.25, -0.2) is 9.50 Å². The first kappa shape index (κ1) is 13.7. The van der Waals surface area contributed by atoms with E-state index in [4.69, 9.17) is 5.11 Å². The van der Waals surface area contributed by atoms with E-state index in [0.717, 1.165) is 10.6 Å². The number of halogens is 3. The molecule has 3 heterocycles. The number of aromatic nitrogens is 3. The molecule has 3 rings (SSSR count). The lowest BCUT2D eigenvalue weighted by molar-refractivity contribution is -0.142. The molecule has 0 saturated carbocycles. The van der Waals surface area contributed by atoms with Gasteiger partial charge in [0.15, 0.2) is 11.5 Å². The highest BCUT2D eigenvalue weighted by Gasteiger charge is 2.35. The normalized spacial score (nSPS) is 19.4. The number of hydrogen-bond donors (Lipinski definition) is 1. The van der Waals surface area contributed by atoms with Gasteiger partial charge in [0.1, 0.15) is 5.52 Å². The maximum atomic E-state index is 12.7. The Morgan fingerprint density at radius 2 is 2.19 bits per heavy atom. The van der Waals surface area contributed by atoms with Crippen LogP contribution in [0.15, 0.2) is 18.5 Å². The van der Waals surface area contributed by atoms with Gasteiger partial charge in [0.2, 0.25) is 0 Å². The van der Waals surface area contributed by atoms with Crippen molar-refractivity contribution in [3.05, 3.63) is 24.2 Å². The van der Waals surface area contributed by atoms with Crippen LogP contribution in [-0.2, 0) is 11.0 Å². The number of aliphatic carboxylic acids is 1. The first-order valence-electron chi connectivity index (χ1n) is 6.25. The molecular weight excluding hydrogens is 289 g/mol. The molecule has 1 saturated heterocycles. The molecule has 0 bridgehead atoms. The zero-order valence-electron chi connectivity index (χ0n) is 10.7. The average Bonchev–Trinajstić information content (AvgIpc) is 3.04. The standard InChI is InChI=1S/C12H11F3N4O2/c13-12(14,15)9-5-8-10(16-2-4-19(8)17-9)18-3-1-7(6-18)11(20)21/h2,4-5,7H,1,3,6H2,(H,20,21). The molecule has 9 heteroatoms. The van der Waals surface area contributed by atoms with Gasteiger partial charge < -0.3 is 10.0 Å². The van der Waals surface area contributed by atoms with Crippen molar-refractivity contribution in [1.82, 2.24) is 14.6 Å². The van der Waals surface area contributed by atoms with E-state index in [2.05, 4.69) is 10.1 Å². The lowest BCUT2D eigenvalue weighted by Gasteiger charge is -2.17. The Hall–Kier alpha value is -2.32. The Balaban J connectivity index is 2.00. The van der Waals surface area contributed by atoms with Gasteiger partial charge in [-0.2, -0.15) is 18.3 Å².